The van der Waals surface area contributed by atoms with Crippen molar-refractivity contribution in [1.82, 2.24) is 15.0 Å². The second-order valence-electron chi connectivity index (χ2n) is 11.2. The Balaban J connectivity index is 0.000000190. The molecule has 0 amide bonds. The van der Waals surface area contributed by atoms with E-state index in [1.165, 1.54) is 73.1 Å². The van der Waals surface area contributed by atoms with Crippen LogP contribution in [-0.4, -0.2) is 75.6 Å². The molecule has 4 aliphatic heterocycles. The Morgan fingerprint density at radius 3 is 1.56 bits per heavy atom. The molecule has 4 N–H and O–H groups in total. The first-order valence-corrected chi connectivity index (χ1v) is 15.4. The predicted octanol–water partition coefficient (Wildman–Crippen LogP) is 7.96. The summed E-state index contributed by atoms with van der Waals surface area (Å²) in [6, 6.07) is 8.32. The molecule has 4 aliphatic rings. The minimum Gasteiger partial charge on any atom is -0.329 e. The molecule has 6 rings (SSSR count). The van der Waals surface area contributed by atoms with Crippen LogP contribution in [0.3, 0.4) is 0 Å². The molecule has 0 saturated carbocycles. The van der Waals surface area contributed by atoms with Crippen molar-refractivity contribution in [3.05, 3.63) is 105 Å². The van der Waals surface area contributed by atoms with E-state index in [4.69, 9.17) is 28.9 Å². The van der Waals surface area contributed by atoms with Gasteiger partial charge in [-0.15, -0.1) is 0 Å². The summed E-state index contributed by atoms with van der Waals surface area (Å²) >= 11 is 11.9. The monoisotopic (exact) mass is 714 g/mol. The quantitative estimate of drug-likeness (QED) is 0.272. The summed E-state index contributed by atoms with van der Waals surface area (Å²) in [6.45, 7) is 3.54. The van der Waals surface area contributed by atoms with E-state index in [1.54, 1.807) is 4.90 Å². The molecule has 2 aromatic carbocycles. The molecule has 0 spiro atoms. The number of nitrogens with zero attached hydrogens (tertiary/aromatic N) is 5. The summed E-state index contributed by atoms with van der Waals surface area (Å²) in [6.07, 6.45) is -1.51. The van der Waals surface area contributed by atoms with Gasteiger partial charge in [0.05, 0.1) is 11.4 Å². The maximum Gasteiger partial charge on any atom is 0.403 e. The zero-order chi connectivity index (χ0) is 35.2. The van der Waals surface area contributed by atoms with Gasteiger partial charge in [-0.05, 0) is 61.6 Å². The SMILES string of the molecule is CCN(CC)CC1(C(F)(F)F)C2=CC=CN(O)C2=Nc2ccc(Cl)cc21.NCC1(C(F)(F)F)C2=CC=CN(O)C2=Nc2ccc(Cl)cc21. The molecule has 2 aromatic rings. The summed E-state index contributed by atoms with van der Waals surface area (Å²) in [5, 5.41) is 21.5. The van der Waals surface area contributed by atoms with Gasteiger partial charge in [0.2, 0.25) is 0 Å². The van der Waals surface area contributed by atoms with E-state index in [1.807, 2.05) is 13.8 Å². The van der Waals surface area contributed by atoms with Crippen LogP contribution in [0, 0.1) is 0 Å². The average Bonchev–Trinajstić information content (AvgIpc) is 3.02. The number of benzene rings is 2. The third-order valence-corrected chi connectivity index (χ3v) is 9.20. The minimum absolute atomic E-state index is 0.00287. The summed E-state index contributed by atoms with van der Waals surface area (Å²) in [4.78, 5) is 10.1. The lowest BCUT2D eigenvalue weighted by Gasteiger charge is -2.45. The predicted molar refractivity (Wildman–Crippen MR) is 171 cm³/mol. The number of hydrogen-bond acceptors (Lipinski definition) is 8. The van der Waals surface area contributed by atoms with Crippen molar-refractivity contribution >= 4 is 46.2 Å². The van der Waals surface area contributed by atoms with Crippen LogP contribution in [0.15, 0.2) is 94.2 Å². The highest BCUT2D eigenvalue weighted by Gasteiger charge is 2.63. The highest BCUT2D eigenvalue weighted by atomic mass is 35.5. The second-order valence-corrected chi connectivity index (χ2v) is 12.1. The Morgan fingerprint density at radius 2 is 1.17 bits per heavy atom. The molecule has 0 saturated heterocycles. The van der Waals surface area contributed by atoms with Crippen LogP contribution in [0.2, 0.25) is 10.0 Å². The number of aliphatic imine (C=N–C) groups is 2. The molecule has 48 heavy (non-hydrogen) atoms. The van der Waals surface area contributed by atoms with Gasteiger partial charge in [-0.25, -0.2) is 20.1 Å². The van der Waals surface area contributed by atoms with Gasteiger partial charge in [0, 0.05) is 57.8 Å². The van der Waals surface area contributed by atoms with Crippen molar-refractivity contribution in [1.29, 1.82) is 0 Å². The van der Waals surface area contributed by atoms with Crippen molar-refractivity contribution in [2.45, 2.75) is 37.0 Å². The van der Waals surface area contributed by atoms with E-state index in [0.717, 1.165) is 0 Å². The van der Waals surface area contributed by atoms with Crippen LogP contribution in [0.25, 0.3) is 0 Å². The first-order chi connectivity index (χ1) is 22.5. The summed E-state index contributed by atoms with van der Waals surface area (Å²) < 4.78 is 85.8. The summed E-state index contributed by atoms with van der Waals surface area (Å²) in [5.41, 5.74) is 0.561. The molecule has 0 fully saturated rings. The molecule has 8 nitrogen and oxygen atoms in total. The van der Waals surface area contributed by atoms with Crippen LogP contribution in [-0.2, 0) is 10.8 Å². The molecule has 0 bridgehead atoms. The van der Waals surface area contributed by atoms with Gasteiger partial charge in [0.25, 0.3) is 0 Å². The first kappa shape index (κ1) is 35.6. The Hall–Kier alpha value is -3.66. The number of hydroxylamine groups is 4. The third kappa shape index (κ3) is 5.73. The van der Waals surface area contributed by atoms with E-state index in [2.05, 4.69) is 9.98 Å². The molecule has 2 unspecified atom stereocenters. The van der Waals surface area contributed by atoms with E-state index in [9.17, 15) is 36.8 Å². The maximum atomic E-state index is 14.6. The Labute approximate surface area is 282 Å². The Morgan fingerprint density at radius 1 is 0.750 bits per heavy atom. The van der Waals surface area contributed by atoms with E-state index in [0.29, 0.717) is 23.2 Å². The fourth-order valence-electron chi connectivity index (χ4n) is 6.27. The number of likely N-dealkylation sites (N-methyl/N-ethyl adjacent to an activating group) is 1. The number of alkyl halides is 6. The van der Waals surface area contributed by atoms with Gasteiger partial charge >= 0.3 is 12.4 Å². The van der Waals surface area contributed by atoms with Gasteiger partial charge in [-0.1, -0.05) is 49.2 Å². The van der Waals surface area contributed by atoms with Crippen LogP contribution in [0.1, 0.15) is 25.0 Å². The van der Waals surface area contributed by atoms with Gasteiger partial charge in [0.1, 0.15) is 10.8 Å². The third-order valence-electron chi connectivity index (χ3n) is 8.73. The molecule has 0 aliphatic carbocycles. The number of nitrogens with two attached hydrogens (primary N) is 1. The normalized spacial score (nSPS) is 22.8. The van der Waals surface area contributed by atoms with Crippen molar-refractivity contribution in [2.75, 3.05) is 26.2 Å². The van der Waals surface area contributed by atoms with Gasteiger partial charge in [-0.3, -0.25) is 10.4 Å². The van der Waals surface area contributed by atoms with Gasteiger partial charge in [-0.2, -0.15) is 26.3 Å². The highest BCUT2D eigenvalue weighted by molar-refractivity contribution is 6.31. The number of hydrogen-bond donors (Lipinski definition) is 3. The molecular formula is C32H30Cl2F6N6O2. The fourth-order valence-corrected chi connectivity index (χ4v) is 6.61. The number of halogens is 8. The van der Waals surface area contributed by atoms with Crippen molar-refractivity contribution < 1.29 is 36.8 Å². The van der Waals surface area contributed by atoms with Crippen molar-refractivity contribution in [3.8, 4) is 0 Å². The molecule has 16 heteroatoms. The number of rotatable bonds is 5. The number of allylic oxidation sites excluding steroid dienone is 4. The van der Waals surface area contributed by atoms with Crippen LogP contribution >= 0.6 is 23.2 Å². The lowest BCUT2D eigenvalue weighted by atomic mass is 9.69. The summed E-state index contributed by atoms with van der Waals surface area (Å²) in [5.74, 6) is -0.313. The molecular weight excluding hydrogens is 685 g/mol. The molecule has 256 valence electrons. The van der Waals surface area contributed by atoms with Gasteiger partial charge < -0.3 is 10.6 Å². The Bertz CT molecular complexity index is 1780. The van der Waals surface area contributed by atoms with Crippen LogP contribution in [0.4, 0.5) is 37.7 Å². The number of fused-ring (bicyclic) bond motifs is 4. The Kier molecular flexibility index (Phi) is 9.64. The lowest BCUT2D eigenvalue weighted by molar-refractivity contribution is -0.183. The largest absolute Gasteiger partial charge is 0.403 e. The van der Waals surface area contributed by atoms with Crippen LogP contribution in [0.5, 0.6) is 0 Å². The maximum absolute atomic E-state index is 14.6. The van der Waals surface area contributed by atoms with E-state index < -0.39 is 29.7 Å². The average molecular weight is 716 g/mol. The summed E-state index contributed by atoms with van der Waals surface area (Å²) in [7, 11) is 0. The minimum atomic E-state index is -4.68. The first-order valence-electron chi connectivity index (χ1n) is 14.6. The van der Waals surface area contributed by atoms with E-state index in [-0.39, 0.29) is 61.9 Å². The zero-order valence-electron chi connectivity index (χ0n) is 25.5. The fraction of sp³-hybridized carbons (Fsp3) is 0.312. The van der Waals surface area contributed by atoms with Crippen LogP contribution < -0.4 is 5.73 Å². The lowest BCUT2D eigenvalue weighted by Crippen LogP contribution is -2.56. The topological polar surface area (TPSA) is 101 Å². The molecule has 4 heterocycles. The molecule has 2 atom stereocenters. The molecule has 0 aromatic heterocycles. The molecule has 0 radical (unpaired) electrons. The second kappa shape index (κ2) is 13.0. The van der Waals surface area contributed by atoms with Crippen molar-refractivity contribution in [3.63, 3.8) is 0 Å². The smallest absolute Gasteiger partial charge is 0.329 e. The zero-order valence-corrected chi connectivity index (χ0v) is 27.0. The van der Waals surface area contributed by atoms with Gasteiger partial charge in [0.15, 0.2) is 11.7 Å². The van der Waals surface area contributed by atoms with Crippen molar-refractivity contribution in [2.24, 2.45) is 15.7 Å². The standard InChI is InChI=1S/C18H19ClF3N3O.C14H11ClF3N3O/c1-3-24(4-2)11-17(18(20,21)22)13-6-5-9-25(26)16(13)23-15-8-7-12(19)10-14(15)17;15-8-3-4-11-10(6-8)13(7-19,14(16,17)18)9-2-1-5-21(22)12(9)20-11/h5-10,26H,3-4,11H2,1-2H3;1-6,22H,7,19H2. The number of amidine groups is 2. The highest BCUT2D eigenvalue weighted by Crippen LogP contribution is 2.55. The van der Waals surface area contributed by atoms with E-state index >= 15 is 0 Å².